The van der Waals surface area contributed by atoms with E-state index in [-0.39, 0.29) is 24.7 Å². The van der Waals surface area contributed by atoms with E-state index in [0.717, 1.165) is 0 Å². The summed E-state index contributed by atoms with van der Waals surface area (Å²) >= 11 is 6.02. The average molecular weight is 339 g/mol. The number of hydrogen-bond donors (Lipinski definition) is 2. The van der Waals surface area contributed by atoms with Crippen LogP contribution in [0.3, 0.4) is 0 Å². The highest BCUT2D eigenvalue weighted by Crippen LogP contribution is 2.18. The molecule has 0 spiro atoms. The zero-order valence-corrected chi connectivity index (χ0v) is 13.4. The van der Waals surface area contributed by atoms with Crippen molar-refractivity contribution >= 4 is 23.4 Å². The number of aromatic nitrogens is 2. The van der Waals surface area contributed by atoms with Gasteiger partial charge < -0.3 is 10.6 Å². The van der Waals surface area contributed by atoms with Crippen LogP contribution in [0.4, 0.5) is 4.39 Å². The quantitative estimate of drug-likeness (QED) is 0.814. The van der Waals surface area contributed by atoms with Gasteiger partial charge >= 0.3 is 0 Å². The molecule has 23 heavy (non-hydrogen) atoms. The Morgan fingerprint density at radius 2 is 1.74 bits per heavy atom. The van der Waals surface area contributed by atoms with E-state index in [1.807, 2.05) is 0 Å². The van der Waals surface area contributed by atoms with E-state index >= 15 is 0 Å². The van der Waals surface area contributed by atoms with E-state index in [2.05, 4.69) is 15.7 Å². The van der Waals surface area contributed by atoms with Crippen molar-refractivity contribution in [3.05, 3.63) is 52.1 Å². The molecule has 1 aromatic heterocycles. The number of carbonyl (C=O) groups is 2. The van der Waals surface area contributed by atoms with Gasteiger partial charge in [0.25, 0.3) is 11.8 Å². The van der Waals surface area contributed by atoms with Gasteiger partial charge in [0.05, 0.1) is 10.7 Å². The SMILES string of the molecule is Cc1c(Cl)c(C(=O)NCCNC(=O)c2ccc(F)cc2)nn1C. The second-order valence-electron chi connectivity index (χ2n) is 4.89. The molecule has 0 unspecified atom stereocenters. The summed E-state index contributed by atoms with van der Waals surface area (Å²) in [6.45, 7) is 2.21. The number of carbonyl (C=O) groups excluding carboxylic acids is 2. The van der Waals surface area contributed by atoms with Crippen LogP contribution in [-0.4, -0.2) is 34.7 Å². The van der Waals surface area contributed by atoms with Crippen molar-refractivity contribution in [2.75, 3.05) is 13.1 Å². The number of nitrogens with one attached hydrogen (secondary N) is 2. The summed E-state index contributed by atoms with van der Waals surface area (Å²) in [5.41, 5.74) is 1.19. The molecule has 1 aromatic carbocycles. The fourth-order valence-corrected chi connectivity index (χ4v) is 2.11. The van der Waals surface area contributed by atoms with Crippen molar-refractivity contribution in [2.24, 2.45) is 7.05 Å². The zero-order valence-electron chi connectivity index (χ0n) is 12.7. The van der Waals surface area contributed by atoms with Crippen LogP contribution < -0.4 is 10.6 Å². The second kappa shape index (κ2) is 7.23. The van der Waals surface area contributed by atoms with Crippen LogP contribution in [-0.2, 0) is 7.05 Å². The Kier molecular flexibility index (Phi) is 5.33. The van der Waals surface area contributed by atoms with Gasteiger partial charge in [-0.25, -0.2) is 4.39 Å². The van der Waals surface area contributed by atoms with Gasteiger partial charge in [-0.2, -0.15) is 5.10 Å². The van der Waals surface area contributed by atoms with Gasteiger partial charge in [0.15, 0.2) is 5.69 Å². The predicted octanol–water partition coefficient (Wildman–Crippen LogP) is 1.68. The molecule has 6 nitrogen and oxygen atoms in total. The molecule has 8 heteroatoms. The monoisotopic (exact) mass is 338 g/mol. The fourth-order valence-electron chi connectivity index (χ4n) is 1.87. The number of aryl methyl sites for hydroxylation is 1. The van der Waals surface area contributed by atoms with Crippen molar-refractivity contribution in [2.45, 2.75) is 6.92 Å². The van der Waals surface area contributed by atoms with Crippen LogP contribution in [0.15, 0.2) is 24.3 Å². The molecule has 0 saturated heterocycles. The van der Waals surface area contributed by atoms with Gasteiger partial charge in [-0.1, -0.05) is 11.6 Å². The summed E-state index contributed by atoms with van der Waals surface area (Å²) in [5, 5.41) is 9.58. The normalized spacial score (nSPS) is 10.4. The highest BCUT2D eigenvalue weighted by atomic mass is 35.5. The van der Waals surface area contributed by atoms with Crippen LogP contribution in [0.25, 0.3) is 0 Å². The van der Waals surface area contributed by atoms with Crippen LogP contribution in [0.2, 0.25) is 5.02 Å². The molecule has 0 radical (unpaired) electrons. The maximum absolute atomic E-state index is 12.8. The van der Waals surface area contributed by atoms with E-state index in [4.69, 9.17) is 11.6 Å². The average Bonchev–Trinajstić information content (AvgIpc) is 2.79. The Bertz CT molecular complexity index is 728. The molecule has 2 rings (SSSR count). The Balaban J connectivity index is 1.81. The van der Waals surface area contributed by atoms with Crippen molar-refractivity contribution < 1.29 is 14.0 Å². The van der Waals surface area contributed by atoms with Gasteiger partial charge in [0.1, 0.15) is 5.82 Å². The maximum atomic E-state index is 12.8. The molecule has 122 valence electrons. The molecule has 0 aliphatic rings. The summed E-state index contributed by atoms with van der Waals surface area (Å²) in [6.07, 6.45) is 0. The minimum atomic E-state index is -0.408. The van der Waals surface area contributed by atoms with E-state index < -0.39 is 11.7 Å². The minimum Gasteiger partial charge on any atom is -0.350 e. The summed E-state index contributed by atoms with van der Waals surface area (Å²) < 4.78 is 14.3. The van der Waals surface area contributed by atoms with Gasteiger partial charge in [0.2, 0.25) is 0 Å². The van der Waals surface area contributed by atoms with Gasteiger partial charge in [0, 0.05) is 25.7 Å². The summed E-state index contributed by atoms with van der Waals surface area (Å²) in [5.74, 6) is -1.16. The first-order valence-corrected chi connectivity index (χ1v) is 7.29. The Hall–Kier alpha value is -2.41. The first-order valence-electron chi connectivity index (χ1n) is 6.91. The van der Waals surface area contributed by atoms with E-state index in [1.54, 1.807) is 14.0 Å². The highest BCUT2D eigenvalue weighted by molar-refractivity contribution is 6.34. The van der Waals surface area contributed by atoms with E-state index in [9.17, 15) is 14.0 Å². The van der Waals surface area contributed by atoms with Gasteiger partial charge in [-0.3, -0.25) is 14.3 Å². The molecule has 0 aliphatic carbocycles. The molecule has 2 N–H and O–H groups in total. The number of amides is 2. The third kappa shape index (κ3) is 4.07. The molecule has 2 aromatic rings. The maximum Gasteiger partial charge on any atom is 0.273 e. The van der Waals surface area contributed by atoms with Crippen molar-refractivity contribution in [3.63, 3.8) is 0 Å². The summed E-state index contributed by atoms with van der Waals surface area (Å²) in [6, 6.07) is 5.20. The molecule has 1 heterocycles. The largest absolute Gasteiger partial charge is 0.350 e. The number of hydrogen-bond acceptors (Lipinski definition) is 3. The van der Waals surface area contributed by atoms with Crippen LogP contribution in [0.5, 0.6) is 0 Å². The topological polar surface area (TPSA) is 76.0 Å². The minimum absolute atomic E-state index is 0.150. The Morgan fingerprint density at radius 3 is 2.26 bits per heavy atom. The summed E-state index contributed by atoms with van der Waals surface area (Å²) in [7, 11) is 1.70. The van der Waals surface area contributed by atoms with Crippen LogP contribution in [0, 0.1) is 12.7 Å². The number of rotatable bonds is 5. The smallest absolute Gasteiger partial charge is 0.273 e. The molecule has 0 fully saturated rings. The lowest BCUT2D eigenvalue weighted by Gasteiger charge is -2.06. The van der Waals surface area contributed by atoms with Crippen molar-refractivity contribution in [1.82, 2.24) is 20.4 Å². The first kappa shape index (κ1) is 17.0. The standard InChI is InChI=1S/C15H16ClFN4O2/c1-9-12(16)13(20-21(9)2)15(23)19-8-7-18-14(22)10-3-5-11(17)6-4-10/h3-6H,7-8H2,1-2H3,(H,18,22)(H,19,23). The number of benzene rings is 1. The highest BCUT2D eigenvalue weighted by Gasteiger charge is 2.17. The van der Waals surface area contributed by atoms with Crippen molar-refractivity contribution in [1.29, 1.82) is 0 Å². The molecule has 0 aliphatic heterocycles. The van der Waals surface area contributed by atoms with E-state index in [1.165, 1.54) is 28.9 Å². The molecule has 0 bridgehead atoms. The lowest BCUT2D eigenvalue weighted by Crippen LogP contribution is -2.35. The first-order chi connectivity index (χ1) is 10.9. The summed E-state index contributed by atoms with van der Waals surface area (Å²) in [4.78, 5) is 23.7. The number of halogens is 2. The number of nitrogens with zero attached hydrogens (tertiary/aromatic N) is 2. The predicted molar refractivity (Wildman–Crippen MR) is 84.0 cm³/mol. The third-order valence-electron chi connectivity index (χ3n) is 3.28. The molecule has 2 amide bonds. The second-order valence-corrected chi connectivity index (χ2v) is 5.27. The molecular formula is C15H16ClFN4O2. The van der Waals surface area contributed by atoms with Crippen LogP contribution in [0.1, 0.15) is 26.5 Å². The third-order valence-corrected chi connectivity index (χ3v) is 3.73. The molecule has 0 atom stereocenters. The van der Waals surface area contributed by atoms with E-state index in [0.29, 0.717) is 16.3 Å². The van der Waals surface area contributed by atoms with Crippen molar-refractivity contribution in [3.8, 4) is 0 Å². The van der Waals surface area contributed by atoms with Gasteiger partial charge in [-0.15, -0.1) is 0 Å². The molecule has 0 saturated carbocycles. The molecular weight excluding hydrogens is 323 g/mol. The lowest BCUT2D eigenvalue weighted by molar-refractivity contribution is 0.0924. The lowest BCUT2D eigenvalue weighted by atomic mass is 10.2. The zero-order chi connectivity index (χ0) is 17.0. The van der Waals surface area contributed by atoms with Crippen LogP contribution >= 0.6 is 11.6 Å². The Labute approximate surface area is 137 Å². The Morgan fingerprint density at radius 1 is 1.17 bits per heavy atom. The van der Waals surface area contributed by atoms with Gasteiger partial charge in [-0.05, 0) is 31.2 Å². The fraction of sp³-hybridized carbons (Fsp3) is 0.267.